The van der Waals surface area contributed by atoms with Gasteiger partial charge in [0.1, 0.15) is 0 Å². The van der Waals surface area contributed by atoms with E-state index in [1.165, 1.54) is 0 Å². The maximum Gasteiger partial charge on any atom is 0.239 e. The zero-order valence-corrected chi connectivity index (χ0v) is 12.5. The normalized spacial score (nSPS) is 12.1. The van der Waals surface area contributed by atoms with Gasteiger partial charge in [-0.3, -0.25) is 4.79 Å². The lowest BCUT2D eigenvalue weighted by Gasteiger charge is -2.20. The highest BCUT2D eigenvalue weighted by atomic mass is 79.9. The maximum atomic E-state index is 11.5. The van der Waals surface area contributed by atoms with Crippen molar-refractivity contribution in [3.8, 4) is 0 Å². The van der Waals surface area contributed by atoms with Gasteiger partial charge in [-0.05, 0) is 31.5 Å². The second-order valence-corrected chi connectivity index (χ2v) is 5.05. The molecule has 1 rings (SSSR count). The number of benzene rings is 1. The lowest BCUT2D eigenvalue weighted by atomic mass is 10.1. The van der Waals surface area contributed by atoms with Gasteiger partial charge in [-0.25, -0.2) is 0 Å². The van der Waals surface area contributed by atoms with Crippen LogP contribution in [0, 0.1) is 0 Å². The third-order valence-electron chi connectivity index (χ3n) is 2.63. The predicted molar refractivity (Wildman–Crippen MR) is 76.7 cm³/mol. The Balaban J connectivity index is 2.78. The van der Waals surface area contributed by atoms with Gasteiger partial charge in [0.05, 0.1) is 12.6 Å². The molecule has 0 saturated heterocycles. The van der Waals surface area contributed by atoms with Crippen molar-refractivity contribution in [1.29, 1.82) is 0 Å². The number of nitrogens with zero attached hydrogens (tertiary/aromatic N) is 1. The van der Waals surface area contributed by atoms with Gasteiger partial charge < -0.3 is 15.3 Å². The van der Waals surface area contributed by atoms with Crippen LogP contribution in [0.5, 0.6) is 0 Å². The summed E-state index contributed by atoms with van der Waals surface area (Å²) < 4.78 is 0.845. The number of nitrogens with one attached hydrogen (secondary N) is 1. The van der Waals surface area contributed by atoms with E-state index in [0.717, 1.165) is 15.7 Å². The Morgan fingerprint density at radius 3 is 2.72 bits per heavy atom. The molecule has 4 nitrogen and oxygen atoms in total. The lowest BCUT2D eigenvalue weighted by molar-refractivity contribution is -0.119. The number of amides is 1. The Hall–Kier alpha value is -1.07. The van der Waals surface area contributed by atoms with E-state index in [0.29, 0.717) is 13.1 Å². The molecular formula is C13H19BrN2O2. The van der Waals surface area contributed by atoms with E-state index in [2.05, 4.69) is 21.2 Å². The standard InChI is InChI=1S/C13H19BrN2O2/c1-4-15-13(18)8-16(3)10-5-6-11(9(2)17)12(14)7-10/h5-7,9,17H,4,8H2,1-3H3,(H,15,18)/t9-/m0/s1. The molecule has 0 saturated carbocycles. The van der Waals surface area contributed by atoms with Gasteiger partial charge >= 0.3 is 0 Å². The van der Waals surface area contributed by atoms with Crippen LogP contribution in [-0.2, 0) is 4.79 Å². The van der Waals surface area contributed by atoms with Crippen molar-refractivity contribution >= 4 is 27.5 Å². The number of hydrogen-bond acceptors (Lipinski definition) is 3. The molecule has 0 bridgehead atoms. The molecular weight excluding hydrogens is 296 g/mol. The third-order valence-corrected chi connectivity index (χ3v) is 3.32. The van der Waals surface area contributed by atoms with E-state index in [1.54, 1.807) is 6.92 Å². The van der Waals surface area contributed by atoms with E-state index in [9.17, 15) is 9.90 Å². The van der Waals surface area contributed by atoms with Crippen LogP contribution < -0.4 is 10.2 Å². The zero-order chi connectivity index (χ0) is 13.7. The molecule has 0 unspecified atom stereocenters. The Morgan fingerprint density at radius 1 is 1.56 bits per heavy atom. The summed E-state index contributed by atoms with van der Waals surface area (Å²) in [6.07, 6.45) is -0.512. The zero-order valence-electron chi connectivity index (χ0n) is 10.9. The molecule has 0 aliphatic carbocycles. The highest BCUT2D eigenvalue weighted by molar-refractivity contribution is 9.10. The van der Waals surface area contributed by atoms with Crippen LogP contribution in [0.3, 0.4) is 0 Å². The Labute approximate surface area is 116 Å². The molecule has 5 heteroatoms. The molecule has 18 heavy (non-hydrogen) atoms. The monoisotopic (exact) mass is 314 g/mol. The second-order valence-electron chi connectivity index (χ2n) is 4.19. The van der Waals surface area contributed by atoms with Crippen LogP contribution in [-0.4, -0.2) is 31.2 Å². The Bertz CT molecular complexity index is 421. The van der Waals surface area contributed by atoms with Crippen LogP contribution in [0.15, 0.2) is 22.7 Å². The predicted octanol–water partition coefficient (Wildman–Crippen LogP) is 2.07. The topological polar surface area (TPSA) is 52.6 Å². The number of halogens is 1. The van der Waals surface area contributed by atoms with E-state index in [-0.39, 0.29) is 5.91 Å². The minimum Gasteiger partial charge on any atom is -0.389 e. The van der Waals surface area contributed by atoms with Crippen LogP contribution in [0.25, 0.3) is 0 Å². The molecule has 2 N–H and O–H groups in total. The van der Waals surface area contributed by atoms with Crippen molar-refractivity contribution in [3.63, 3.8) is 0 Å². The van der Waals surface area contributed by atoms with Gasteiger partial charge in [0.2, 0.25) is 5.91 Å². The van der Waals surface area contributed by atoms with Crippen molar-refractivity contribution in [2.75, 3.05) is 25.0 Å². The van der Waals surface area contributed by atoms with Crippen LogP contribution in [0.4, 0.5) is 5.69 Å². The molecule has 1 atom stereocenters. The molecule has 0 fully saturated rings. The van der Waals surface area contributed by atoms with E-state index >= 15 is 0 Å². The summed E-state index contributed by atoms with van der Waals surface area (Å²) in [6, 6.07) is 5.66. The minimum atomic E-state index is -0.512. The van der Waals surface area contributed by atoms with Crippen LogP contribution >= 0.6 is 15.9 Å². The van der Waals surface area contributed by atoms with Crippen molar-refractivity contribution in [2.24, 2.45) is 0 Å². The SMILES string of the molecule is CCNC(=O)CN(C)c1ccc([C@H](C)O)c(Br)c1. The number of hydrogen-bond donors (Lipinski definition) is 2. The summed E-state index contributed by atoms with van der Waals surface area (Å²) >= 11 is 3.43. The van der Waals surface area contributed by atoms with E-state index in [4.69, 9.17) is 0 Å². The van der Waals surface area contributed by atoms with Gasteiger partial charge in [-0.1, -0.05) is 22.0 Å². The number of carbonyl (C=O) groups excluding carboxylic acids is 1. The summed E-state index contributed by atoms with van der Waals surface area (Å²) in [5, 5.41) is 12.3. The highest BCUT2D eigenvalue weighted by Gasteiger charge is 2.10. The average Bonchev–Trinajstić information content (AvgIpc) is 2.28. The molecule has 100 valence electrons. The number of likely N-dealkylation sites (N-methyl/N-ethyl adjacent to an activating group) is 2. The summed E-state index contributed by atoms with van der Waals surface area (Å²) in [7, 11) is 1.86. The van der Waals surface area contributed by atoms with Gasteiger partial charge in [-0.15, -0.1) is 0 Å². The number of anilines is 1. The molecule has 1 aromatic rings. The smallest absolute Gasteiger partial charge is 0.239 e. The molecule has 0 aliphatic rings. The Morgan fingerprint density at radius 2 is 2.22 bits per heavy atom. The lowest BCUT2D eigenvalue weighted by Crippen LogP contribution is -2.34. The fraction of sp³-hybridized carbons (Fsp3) is 0.462. The molecule has 0 spiro atoms. The molecule has 1 aromatic carbocycles. The van der Waals surface area contributed by atoms with Crippen LogP contribution in [0.1, 0.15) is 25.5 Å². The quantitative estimate of drug-likeness (QED) is 0.875. The first-order valence-electron chi connectivity index (χ1n) is 5.91. The van der Waals surface area contributed by atoms with Gasteiger partial charge in [0.15, 0.2) is 0 Å². The average molecular weight is 315 g/mol. The first-order chi connectivity index (χ1) is 8.45. The highest BCUT2D eigenvalue weighted by Crippen LogP contribution is 2.27. The second kappa shape index (κ2) is 6.75. The fourth-order valence-corrected chi connectivity index (χ4v) is 2.35. The van der Waals surface area contributed by atoms with Gasteiger partial charge in [-0.2, -0.15) is 0 Å². The third kappa shape index (κ3) is 3.99. The minimum absolute atomic E-state index is 0.00396. The maximum absolute atomic E-state index is 11.5. The van der Waals surface area contributed by atoms with Crippen molar-refractivity contribution in [3.05, 3.63) is 28.2 Å². The summed E-state index contributed by atoms with van der Waals surface area (Å²) in [5.41, 5.74) is 1.77. The Kier molecular flexibility index (Phi) is 5.62. The van der Waals surface area contributed by atoms with Crippen LogP contribution in [0.2, 0.25) is 0 Å². The number of aliphatic hydroxyl groups excluding tert-OH is 1. The molecule has 1 amide bonds. The van der Waals surface area contributed by atoms with E-state index < -0.39 is 6.10 Å². The molecule has 0 radical (unpaired) electrons. The van der Waals surface area contributed by atoms with Crippen molar-refractivity contribution in [1.82, 2.24) is 5.32 Å². The number of carbonyl (C=O) groups is 1. The first kappa shape index (κ1) is 15.0. The molecule has 0 aromatic heterocycles. The van der Waals surface area contributed by atoms with Crippen molar-refractivity contribution < 1.29 is 9.90 Å². The summed E-state index contributed by atoms with van der Waals surface area (Å²) in [5.74, 6) is -0.00396. The number of rotatable bonds is 5. The van der Waals surface area contributed by atoms with E-state index in [1.807, 2.05) is 37.1 Å². The summed E-state index contributed by atoms with van der Waals surface area (Å²) in [4.78, 5) is 13.3. The number of aliphatic hydroxyl groups is 1. The van der Waals surface area contributed by atoms with Gasteiger partial charge in [0.25, 0.3) is 0 Å². The molecule has 0 heterocycles. The largest absolute Gasteiger partial charge is 0.389 e. The fourth-order valence-electron chi connectivity index (χ4n) is 1.65. The molecule has 0 aliphatic heterocycles. The van der Waals surface area contributed by atoms with Gasteiger partial charge in [0, 0.05) is 23.8 Å². The van der Waals surface area contributed by atoms with Crippen molar-refractivity contribution in [2.45, 2.75) is 20.0 Å². The summed E-state index contributed by atoms with van der Waals surface area (Å²) in [6.45, 7) is 4.57. The first-order valence-corrected chi connectivity index (χ1v) is 6.70.